The zero-order valence-electron chi connectivity index (χ0n) is 9.83. The van der Waals surface area contributed by atoms with Gasteiger partial charge in [-0.3, -0.25) is 0 Å². The van der Waals surface area contributed by atoms with Crippen LogP contribution in [0.5, 0.6) is 0 Å². The highest BCUT2D eigenvalue weighted by molar-refractivity contribution is 4.91. The smallest absolute Gasteiger partial charge is 0.167 e. The highest BCUT2D eigenvalue weighted by Crippen LogP contribution is 2.27. The van der Waals surface area contributed by atoms with E-state index in [1.807, 2.05) is 11.6 Å². The zero-order chi connectivity index (χ0) is 11.5. The Bertz CT molecular complexity index is 332. The van der Waals surface area contributed by atoms with Gasteiger partial charge in [0.2, 0.25) is 0 Å². The molecular formula is C10H19N5O. The number of hydrogen-bond donors (Lipinski definition) is 1. The molecule has 0 aromatic carbocycles. The molecule has 2 unspecified atom stereocenters. The molecule has 1 aromatic rings. The van der Waals surface area contributed by atoms with Crippen LogP contribution in [0.2, 0.25) is 0 Å². The van der Waals surface area contributed by atoms with E-state index in [0.29, 0.717) is 12.0 Å². The Morgan fingerprint density at radius 1 is 1.38 bits per heavy atom. The molecule has 1 saturated heterocycles. The predicted octanol–water partition coefficient (Wildman–Crippen LogP) is 0.680. The van der Waals surface area contributed by atoms with Crippen molar-refractivity contribution in [3.8, 4) is 0 Å². The van der Waals surface area contributed by atoms with Gasteiger partial charge in [0.1, 0.15) is 0 Å². The first kappa shape index (κ1) is 11.5. The first-order chi connectivity index (χ1) is 7.70. The predicted molar refractivity (Wildman–Crippen MR) is 58.7 cm³/mol. The summed E-state index contributed by atoms with van der Waals surface area (Å²) >= 11 is 0. The minimum absolute atomic E-state index is 0.128. The number of rotatable bonds is 3. The highest BCUT2D eigenvalue weighted by atomic mass is 16.5. The minimum atomic E-state index is -0.128. The Morgan fingerprint density at radius 2 is 2.06 bits per heavy atom. The van der Waals surface area contributed by atoms with Gasteiger partial charge in [-0.1, -0.05) is 0 Å². The molecule has 0 spiro atoms. The van der Waals surface area contributed by atoms with Crippen LogP contribution in [0.25, 0.3) is 0 Å². The lowest BCUT2D eigenvalue weighted by molar-refractivity contribution is 0.0486. The van der Waals surface area contributed by atoms with Crippen LogP contribution in [-0.4, -0.2) is 33.4 Å². The van der Waals surface area contributed by atoms with Gasteiger partial charge >= 0.3 is 0 Å². The maximum atomic E-state index is 5.84. The van der Waals surface area contributed by atoms with Crippen molar-refractivity contribution in [2.45, 2.75) is 38.8 Å². The van der Waals surface area contributed by atoms with E-state index in [1.54, 1.807) is 0 Å². The summed E-state index contributed by atoms with van der Waals surface area (Å²) in [6.45, 7) is 5.73. The molecule has 1 aliphatic heterocycles. The largest absolute Gasteiger partial charge is 0.381 e. The van der Waals surface area contributed by atoms with Gasteiger partial charge in [-0.2, -0.15) is 0 Å². The second-order valence-corrected chi connectivity index (χ2v) is 4.46. The van der Waals surface area contributed by atoms with E-state index in [2.05, 4.69) is 22.4 Å². The average molecular weight is 225 g/mol. The first-order valence-electron chi connectivity index (χ1n) is 5.81. The Balaban J connectivity index is 2.12. The summed E-state index contributed by atoms with van der Waals surface area (Å²) in [4.78, 5) is 0. The average Bonchev–Trinajstić information content (AvgIpc) is 2.78. The molecule has 0 bridgehead atoms. The van der Waals surface area contributed by atoms with Crippen LogP contribution in [0.3, 0.4) is 0 Å². The van der Waals surface area contributed by atoms with Crippen molar-refractivity contribution in [2.24, 2.45) is 11.7 Å². The monoisotopic (exact) mass is 225 g/mol. The third kappa shape index (κ3) is 2.22. The summed E-state index contributed by atoms with van der Waals surface area (Å²) in [6, 6.07) is 0.164. The molecule has 1 aliphatic rings. The van der Waals surface area contributed by atoms with Gasteiger partial charge in [-0.25, -0.2) is 4.68 Å². The second-order valence-electron chi connectivity index (χ2n) is 4.46. The highest BCUT2D eigenvalue weighted by Gasteiger charge is 2.25. The molecule has 0 amide bonds. The number of nitrogens with two attached hydrogens (primary N) is 1. The topological polar surface area (TPSA) is 78.9 Å². The van der Waals surface area contributed by atoms with Crippen molar-refractivity contribution < 1.29 is 4.74 Å². The number of aromatic nitrogens is 4. The number of tetrazole rings is 1. The molecule has 2 rings (SSSR count). The van der Waals surface area contributed by atoms with Crippen LogP contribution in [0.1, 0.15) is 44.6 Å². The molecule has 6 nitrogen and oxygen atoms in total. The van der Waals surface area contributed by atoms with E-state index in [-0.39, 0.29) is 6.04 Å². The molecule has 1 aromatic heterocycles. The van der Waals surface area contributed by atoms with Crippen molar-refractivity contribution >= 4 is 0 Å². The van der Waals surface area contributed by atoms with Gasteiger partial charge in [-0.15, -0.1) is 5.10 Å². The maximum Gasteiger partial charge on any atom is 0.167 e. The van der Waals surface area contributed by atoms with Crippen molar-refractivity contribution in [3.63, 3.8) is 0 Å². The third-order valence-corrected chi connectivity index (χ3v) is 3.26. The van der Waals surface area contributed by atoms with Crippen molar-refractivity contribution in [1.82, 2.24) is 20.2 Å². The molecule has 0 aliphatic carbocycles. The Morgan fingerprint density at radius 3 is 2.69 bits per heavy atom. The van der Waals surface area contributed by atoms with Crippen LogP contribution >= 0.6 is 0 Å². The van der Waals surface area contributed by atoms with Gasteiger partial charge in [0.05, 0.1) is 12.1 Å². The minimum Gasteiger partial charge on any atom is -0.381 e. The molecule has 16 heavy (non-hydrogen) atoms. The molecule has 2 N–H and O–H groups in total. The Kier molecular flexibility index (Phi) is 3.50. The third-order valence-electron chi connectivity index (χ3n) is 3.26. The zero-order valence-corrected chi connectivity index (χ0v) is 9.83. The summed E-state index contributed by atoms with van der Waals surface area (Å²) < 4.78 is 7.22. The molecule has 2 atom stereocenters. The van der Waals surface area contributed by atoms with Gasteiger partial charge in [0, 0.05) is 13.2 Å². The molecular weight excluding hydrogens is 206 g/mol. The Labute approximate surface area is 95.1 Å². The van der Waals surface area contributed by atoms with Gasteiger partial charge in [-0.05, 0) is 43.0 Å². The summed E-state index contributed by atoms with van der Waals surface area (Å²) in [5.74, 6) is 1.34. The van der Waals surface area contributed by atoms with Gasteiger partial charge in [0.15, 0.2) is 5.82 Å². The van der Waals surface area contributed by atoms with Crippen LogP contribution in [0.15, 0.2) is 0 Å². The van der Waals surface area contributed by atoms with E-state index in [0.717, 1.165) is 31.9 Å². The summed E-state index contributed by atoms with van der Waals surface area (Å²) in [7, 11) is 0. The number of hydrogen-bond acceptors (Lipinski definition) is 5. The molecule has 90 valence electrons. The normalized spacial score (nSPS) is 21.9. The Hall–Kier alpha value is -1.01. The molecule has 2 heterocycles. The quantitative estimate of drug-likeness (QED) is 0.818. The van der Waals surface area contributed by atoms with Crippen molar-refractivity contribution in [2.75, 3.05) is 13.2 Å². The fourth-order valence-electron chi connectivity index (χ4n) is 2.19. The molecule has 1 fully saturated rings. The van der Waals surface area contributed by atoms with Crippen LogP contribution in [0, 0.1) is 5.92 Å². The molecule has 0 saturated carbocycles. The van der Waals surface area contributed by atoms with Gasteiger partial charge in [0.25, 0.3) is 0 Å². The fourth-order valence-corrected chi connectivity index (χ4v) is 2.19. The number of ether oxygens (including phenoxy) is 1. The van der Waals surface area contributed by atoms with Gasteiger partial charge < -0.3 is 10.5 Å². The van der Waals surface area contributed by atoms with Crippen LogP contribution in [-0.2, 0) is 4.74 Å². The summed E-state index contributed by atoms with van der Waals surface area (Å²) in [5.41, 5.74) is 5.84. The van der Waals surface area contributed by atoms with E-state index in [9.17, 15) is 0 Å². The maximum absolute atomic E-state index is 5.84. The summed E-state index contributed by atoms with van der Waals surface area (Å²) in [6.07, 6.45) is 2.14. The molecule has 0 radical (unpaired) electrons. The summed E-state index contributed by atoms with van der Waals surface area (Å²) in [5, 5.41) is 11.7. The van der Waals surface area contributed by atoms with E-state index >= 15 is 0 Å². The standard InChI is InChI=1S/C10H19N5O/c1-7(11)10-12-13-14-15(10)8(2)9-3-5-16-6-4-9/h7-9H,3-6,11H2,1-2H3. The molecule has 6 heteroatoms. The van der Waals surface area contributed by atoms with E-state index < -0.39 is 0 Å². The fraction of sp³-hybridized carbons (Fsp3) is 0.900. The number of nitrogens with zero attached hydrogens (tertiary/aromatic N) is 4. The van der Waals surface area contributed by atoms with Crippen molar-refractivity contribution in [1.29, 1.82) is 0 Å². The van der Waals surface area contributed by atoms with E-state index in [1.165, 1.54) is 0 Å². The SMILES string of the molecule is CC(N)c1nnnn1C(C)C1CCOCC1. The van der Waals surface area contributed by atoms with Crippen LogP contribution < -0.4 is 5.73 Å². The van der Waals surface area contributed by atoms with Crippen LogP contribution in [0.4, 0.5) is 0 Å². The first-order valence-corrected chi connectivity index (χ1v) is 5.81. The lowest BCUT2D eigenvalue weighted by Crippen LogP contribution is -2.27. The lowest BCUT2D eigenvalue weighted by Gasteiger charge is -2.28. The lowest BCUT2D eigenvalue weighted by atomic mass is 9.93. The second kappa shape index (κ2) is 4.88. The van der Waals surface area contributed by atoms with E-state index in [4.69, 9.17) is 10.5 Å². The van der Waals surface area contributed by atoms with Crippen molar-refractivity contribution in [3.05, 3.63) is 5.82 Å².